The lowest BCUT2D eigenvalue weighted by Gasteiger charge is -2.23. The van der Waals surface area contributed by atoms with E-state index in [0.29, 0.717) is 12.5 Å². The van der Waals surface area contributed by atoms with E-state index in [1.165, 1.54) is 25.0 Å². The van der Waals surface area contributed by atoms with Crippen molar-refractivity contribution < 1.29 is 9.18 Å². The number of carbonyl (C=O) groups excluding carboxylic acids is 1. The van der Waals surface area contributed by atoms with E-state index in [1.807, 2.05) is 0 Å². The van der Waals surface area contributed by atoms with Crippen LogP contribution < -0.4 is 11.1 Å². The average Bonchev–Trinajstić information content (AvgIpc) is 2.92. The van der Waals surface area contributed by atoms with Gasteiger partial charge in [0.15, 0.2) is 0 Å². The molecule has 1 aliphatic rings. The molecule has 1 aromatic carbocycles. The Balaban J connectivity index is 2.04. The molecule has 104 valence electrons. The van der Waals surface area contributed by atoms with Crippen LogP contribution in [0.15, 0.2) is 18.2 Å². The number of rotatable bonds is 4. The summed E-state index contributed by atoms with van der Waals surface area (Å²) >= 11 is 5.60. The zero-order valence-corrected chi connectivity index (χ0v) is 11.4. The first-order valence-electron chi connectivity index (χ1n) is 6.58. The van der Waals surface area contributed by atoms with E-state index in [9.17, 15) is 9.18 Å². The highest BCUT2D eigenvalue weighted by molar-refractivity contribution is 6.30. The normalized spacial score (nSPS) is 17.4. The molecule has 19 heavy (non-hydrogen) atoms. The van der Waals surface area contributed by atoms with Crippen LogP contribution in [0, 0.1) is 11.7 Å². The first-order chi connectivity index (χ1) is 9.11. The second-order valence-corrected chi connectivity index (χ2v) is 5.40. The van der Waals surface area contributed by atoms with Gasteiger partial charge in [-0.05, 0) is 37.0 Å². The lowest BCUT2D eigenvalue weighted by molar-refractivity contribution is 0.0923. The standard InChI is InChI=1S/C14H18ClFN2O/c15-11-6-5-10(7-12(11)16)14(19)18-13(8-17)9-3-1-2-4-9/h5-7,9,13H,1-4,8,17H2,(H,18,19). The molecule has 0 heterocycles. The molecule has 0 spiro atoms. The van der Waals surface area contributed by atoms with Crippen molar-refractivity contribution in [3.05, 3.63) is 34.6 Å². The summed E-state index contributed by atoms with van der Waals surface area (Å²) < 4.78 is 13.3. The van der Waals surface area contributed by atoms with Crippen molar-refractivity contribution in [1.29, 1.82) is 0 Å². The molecule has 1 fully saturated rings. The highest BCUT2D eigenvalue weighted by Gasteiger charge is 2.25. The molecule has 3 N–H and O–H groups in total. The molecule has 1 unspecified atom stereocenters. The number of amides is 1. The van der Waals surface area contributed by atoms with E-state index in [2.05, 4.69) is 5.32 Å². The average molecular weight is 285 g/mol. The molecule has 3 nitrogen and oxygen atoms in total. The second-order valence-electron chi connectivity index (χ2n) is 4.99. The Morgan fingerprint density at radius 3 is 2.74 bits per heavy atom. The molecule has 1 amide bonds. The van der Waals surface area contributed by atoms with Crippen LogP contribution in [0.1, 0.15) is 36.0 Å². The topological polar surface area (TPSA) is 55.1 Å². The molecule has 1 aromatic rings. The summed E-state index contributed by atoms with van der Waals surface area (Å²) in [4.78, 5) is 12.1. The van der Waals surface area contributed by atoms with Crippen molar-refractivity contribution in [3.63, 3.8) is 0 Å². The minimum atomic E-state index is -0.584. The zero-order chi connectivity index (χ0) is 13.8. The van der Waals surface area contributed by atoms with Crippen molar-refractivity contribution in [1.82, 2.24) is 5.32 Å². The van der Waals surface area contributed by atoms with Crippen molar-refractivity contribution >= 4 is 17.5 Å². The van der Waals surface area contributed by atoms with Crippen LogP contribution in [0.25, 0.3) is 0 Å². The van der Waals surface area contributed by atoms with E-state index in [1.54, 1.807) is 0 Å². The van der Waals surface area contributed by atoms with Gasteiger partial charge in [0.2, 0.25) is 0 Å². The maximum absolute atomic E-state index is 13.3. The molecule has 5 heteroatoms. The molecule has 1 aliphatic carbocycles. The molecule has 0 bridgehead atoms. The monoisotopic (exact) mass is 284 g/mol. The Labute approximate surface area is 117 Å². The molecular weight excluding hydrogens is 267 g/mol. The van der Waals surface area contributed by atoms with Crippen molar-refractivity contribution in [2.45, 2.75) is 31.7 Å². The molecular formula is C14H18ClFN2O. The van der Waals surface area contributed by atoms with Crippen LogP contribution in [0.4, 0.5) is 4.39 Å². The Morgan fingerprint density at radius 1 is 1.47 bits per heavy atom. The highest BCUT2D eigenvalue weighted by Crippen LogP contribution is 2.27. The van der Waals surface area contributed by atoms with Gasteiger partial charge in [-0.2, -0.15) is 0 Å². The van der Waals surface area contributed by atoms with Crippen LogP contribution in [0.2, 0.25) is 5.02 Å². The molecule has 0 aliphatic heterocycles. The Hall–Kier alpha value is -1.13. The third kappa shape index (κ3) is 3.45. The van der Waals surface area contributed by atoms with Crippen LogP contribution in [-0.4, -0.2) is 18.5 Å². The van der Waals surface area contributed by atoms with Crippen LogP contribution >= 0.6 is 11.6 Å². The van der Waals surface area contributed by atoms with Gasteiger partial charge in [0, 0.05) is 18.2 Å². The van der Waals surface area contributed by atoms with Gasteiger partial charge < -0.3 is 11.1 Å². The fourth-order valence-electron chi connectivity index (χ4n) is 2.62. The van der Waals surface area contributed by atoms with Gasteiger partial charge in [0.1, 0.15) is 5.82 Å². The minimum absolute atomic E-state index is 0.0164. The van der Waals surface area contributed by atoms with Crippen LogP contribution in [0.5, 0.6) is 0 Å². The maximum atomic E-state index is 13.3. The largest absolute Gasteiger partial charge is 0.348 e. The summed E-state index contributed by atoms with van der Waals surface area (Å²) in [5.74, 6) is -0.441. The van der Waals surface area contributed by atoms with E-state index < -0.39 is 5.82 Å². The maximum Gasteiger partial charge on any atom is 0.251 e. The van der Waals surface area contributed by atoms with Gasteiger partial charge in [-0.1, -0.05) is 24.4 Å². The lowest BCUT2D eigenvalue weighted by atomic mass is 9.98. The fraction of sp³-hybridized carbons (Fsp3) is 0.500. The predicted molar refractivity (Wildman–Crippen MR) is 73.7 cm³/mol. The summed E-state index contributed by atoms with van der Waals surface area (Å²) in [5, 5.41) is 2.91. The SMILES string of the molecule is NCC(NC(=O)c1ccc(Cl)c(F)c1)C1CCCC1. The molecule has 0 aromatic heterocycles. The molecule has 2 rings (SSSR count). The Bertz CT molecular complexity index is 461. The number of nitrogens with one attached hydrogen (secondary N) is 1. The third-order valence-corrected chi connectivity index (χ3v) is 4.03. The molecule has 1 saturated carbocycles. The van der Waals surface area contributed by atoms with E-state index in [-0.39, 0.29) is 22.5 Å². The van der Waals surface area contributed by atoms with Gasteiger partial charge in [0.25, 0.3) is 5.91 Å². The molecule has 0 saturated heterocycles. The second kappa shape index (κ2) is 6.35. The molecule has 1 atom stereocenters. The van der Waals surface area contributed by atoms with E-state index >= 15 is 0 Å². The van der Waals surface area contributed by atoms with Gasteiger partial charge in [-0.25, -0.2) is 4.39 Å². The third-order valence-electron chi connectivity index (χ3n) is 3.72. The Morgan fingerprint density at radius 2 is 2.16 bits per heavy atom. The van der Waals surface area contributed by atoms with Gasteiger partial charge in [0.05, 0.1) is 5.02 Å². The van der Waals surface area contributed by atoms with Crippen LogP contribution in [0.3, 0.4) is 0 Å². The summed E-state index contributed by atoms with van der Waals surface area (Å²) in [6, 6.07) is 4.02. The highest BCUT2D eigenvalue weighted by atomic mass is 35.5. The smallest absolute Gasteiger partial charge is 0.251 e. The van der Waals surface area contributed by atoms with Gasteiger partial charge in [-0.3, -0.25) is 4.79 Å². The number of halogens is 2. The van der Waals surface area contributed by atoms with Gasteiger partial charge >= 0.3 is 0 Å². The first kappa shape index (κ1) is 14.3. The number of hydrogen-bond donors (Lipinski definition) is 2. The summed E-state index contributed by atoms with van der Waals surface area (Å²) in [6.45, 7) is 0.409. The molecule has 0 radical (unpaired) electrons. The summed E-state index contributed by atoms with van der Waals surface area (Å²) in [5.41, 5.74) is 6.00. The summed E-state index contributed by atoms with van der Waals surface area (Å²) in [7, 11) is 0. The van der Waals surface area contributed by atoms with Crippen molar-refractivity contribution in [2.75, 3.05) is 6.54 Å². The number of benzene rings is 1. The van der Waals surface area contributed by atoms with E-state index in [0.717, 1.165) is 18.9 Å². The van der Waals surface area contributed by atoms with Crippen molar-refractivity contribution in [2.24, 2.45) is 11.7 Å². The lowest BCUT2D eigenvalue weighted by Crippen LogP contribution is -2.44. The quantitative estimate of drug-likeness (QED) is 0.893. The van der Waals surface area contributed by atoms with Crippen LogP contribution in [-0.2, 0) is 0 Å². The minimum Gasteiger partial charge on any atom is -0.348 e. The van der Waals surface area contributed by atoms with Crippen molar-refractivity contribution in [3.8, 4) is 0 Å². The Kier molecular flexibility index (Phi) is 4.77. The predicted octanol–water partition coefficient (Wildman–Crippen LogP) is 2.73. The fourth-order valence-corrected chi connectivity index (χ4v) is 2.74. The number of carbonyl (C=O) groups is 1. The number of nitrogens with two attached hydrogens (primary N) is 1. The number of hydrogen-bond acceptors (Lipinski definition) is 2. The zero-order valence-electron chi connectivity index (χ0n) is 10.7. The first-order valence-corrected chi connectivity index (χ1v) is 6.95. The van der Waals surface area contributed by atoms with Gasteiger partial charge in [-0.15, -0.1) is 0 Å². The summed E-state index contributed by atoms with van der Waals surface area (Å²) in [6.07, 6.45) is 4.56. The van der Waals surface area contributed by atoms with E-state index in [4.69, 9.17) is 17.3 Å².